The first-order valence-electron chi connectivity index (χ1n) is 7.76. The normalized spacial score (nSPS) is 19.6. The number of terminal acetylenes is 1. The molecule has 0 bridgehead atoms. The summed E-state index contributed by atoms with van der Waals surface area (Å²) >= 11 is 6.27. The minimum Gasteiger partial charge on any atom is -0.479 e. The van der Waals surface area contributed by atoms with Gasteiger partial charge < -0.3 is 15.2 Å². The molecule has 1 aliphatic heterocycles. The predicted molar refractivity (Wildman–Crippen MR) is 92.3 cm³/mol. The lowest BCUT2D eigenvalue weighted by Crippen LogP contribution is -2.27. The summed E-state index contributed by atoms with van der Waals surface area (Å²) in [6.45, 7) is 0.0976. The van der Waals surface area contributed by atoms with E-state index in [0.717, 1.165) is 0 Å². The van der Waals surface area contributed by atoms with Gasteiger partial charge in [0.1, 0.15) is 29.8 Å². The molecule has 3 rings (SSSR count). The monoisotopic (exact) mass is 354 g/mol. The van der Waals surface area contributed by atoms with Gasteiger partial charge in [0.05, 0.1) is 10.9 Å². The van der Waals surface area contributed by atoms with Crippen LogP contribution in [-0.4, -0.2) is 12.4 Å². The number of nitrogens with two attached hydrogens (primary N) is 1. The number of hydrogen-bond donors (Lipinski definition) is 1. The van der Waals surface area contributed by atoms with E-state index < -0.39 is 5.92 Å². The fraction of sp³-hybridized carbons (Fsp3) is 0.263. The summed E-state index contributed by atoms with van der Waals surface area (Å²) in [5, 5.41) is 9.88. The summed E-state index contributed by atoms with van der Waals surface area (Å²) in [7, 11) is 0. The zero-order valence-corrected chi connectivity index (χ0v) is 14.1. The first-order chi connectivity index (χ1) is 12.1. The van der Waals surface area contributed by atoms with Crippen molar-refractivity contribution in [1.82, 2.24) is 0 Å². The number of Topliss-reactive ketones (excluding diaryl/α,β-unsaturated/α-hetero) is 1. The number of benzene rings is 1. The number of ketones is 1. The van der Waals surface area contributed by atoms with Crippen LogP contribution in [0.3, 0.4) is 0 Å². The molecule has 0 spiro atoms. The Bertz CT molecular complexity index is 887. The largest absolute Gasteiger partial charge is 0.479 e. The number of hydrogen-bond acceptors (Lipinski definition) is 5. The first kappa shape index (κ1) is 17.0. The molecule has 0 aromatic heterocycles. The van der Waals surface area contributed by atoms with Crippen molar-refractivity contribution in [2.24, 2.45) is 5.73 Å². The van der Waals surface area contributed by atoms with Crippen molar-refractivity contribution in [3.63, 3.8) is 0 Å². The van der Waals surface area contributed by atoms with Gasteiger partial charge >= 0.3 is 0 Å². The molecule has 6 heteroatoms. The fourth-order valence-electron chi connectivity index (χ4n) is 3.12. The number of nitrogens with zero attached hydrogens (tertiary/aromatic N) is 1. The van der Waals surface area contributed by atoms with Gasteiger partial charge in [0, 0.05) is 18.4 Å². The van der Waals surface area contributed by atoms with E-state index >= 15 is 0 Å². The van der Waals surface area contributed by atoms with Gasteiger partial charge in [-0.05, 0) is 24.1 Å². The molecule has 25 heavy (non-hydrogen) atoms. The molecule has 0 amide bonds. The first-order valence-corrected chi connectivity index (χ1v) is 8.14. The Hall–Kier alpha value is -2.89. The average Bonchev–Trinajstić information content (AvgIpc) is 2.59. The highest BCUT2D eigenvalue weighted by atomic mass is 35.5. The van der Waals surface area contributed by atoms with Crippen LogP contribution < -0.4 is 10.5 Å². The molecule has 2 N–H and O–H groups in total. The molecule has 2 aliphatic rings. The predicted octanol–water partition coefficient (Wildman–Crippen LogP) is 3.17. The van der Waals surface area contributed by atoms with Crippen LogP contribution >= 0.6 is 11.6 Å². The van der Waals surface area contributed by atoms with Gasteiger partial charge in [0.2, 0.25) is 5.88 Å². The van der Waals surface area contributed by atoms with E-state index in [0.29, 0.717) is 46.9 Å². The van der Waals surface area contributed by atoms with Crippen LogP contribution in [0.15, 0.2) is 41.0 Å². The second kappa shape index (κ2) is 6.93. The van der Waals surface area contributed by atoms with E-state index in [4.69, 9.17) is 33.2 Å². The summed E-state index contributed by atoms with van der Waals surface area (Å²) in [5.74, 6) is 2.77. The summed E-state index contributed by atoms with van der Waals surface area (Å²) < 4.78 is 10.9. The van der Waals surface area contributed by atoms with Crippen molar-refractivity contribution < 1.29 is 14.3 Å². The Balaban J connectivity index is 2.08. The van der Waals surface area contributed by atoms with Crippen LogP contribution in [0.5, 0.6) is 5.75 Å². The van der Waals surface area contributed by atoms with E-state index in [1.165, 1.54) is 0 Å². The zero-order valence-electron chi connectivity index (χ0n) is 13.3. The lowest BCUT2D eigenvalue weighted by atomic mass is 9.77. The lowest BCUT2D eigenvalue weighted by Gasteiger charge is -2.31. The minimum absolute atomic E-state index is 0.0321. The van der Waals surface area contributed by atoms with Crippen molar-refractivity contribution in [1.29, 1.82) is 5.26 Å². The number of carbonyl (C=O) groups excluding carboxylic acids is 1. The van der Waals surface area contributed by atoms with Crippen LogP contribution in [0.2, 0.25) is 5.02 Å². The van der Waals surface area contributed by atoms with Gasteiger partial charge in [-0.3, -0.25) is 4.79 Å². The summed E-state index contributed by atoms with van der Waals surface area (Å²) in [6, 6.07) is 7.16. The van der Waals surface area contributed by atoms with Crippen LogP contribution in [0, 0.1) is 23.7 Å². The molecule has 1 unspecified atom stereocenters. The summed E-state index contributed by atoms with van der Waals surface area (Å²) in [6.07, 6.45) is 6.93. The Morgan fingerprint density at radius 2 is 2.24 bits per heavy atom. The molecule has 1 heterocycles. The maximum Gasteiger partial charge on any atom is 0.205 e. The summed E-state index contributed by atoms with van der Waals surface area (Å²) in [5.41, 5.74) is 7.30. The topological polar surface area (TPSA) is 85.3 Å². The van der Waals surface area contributed by atoms with E-state index in [2.05, 4.69) is 12.0 Å². The van der Waals surface area contributed by atoms with Crippen molar-refractivity contribution in [2.45, 2.75) is 25.2 Å². The zero-order chi connectivity index (χ0) is 18.0. The molecule has 1 aromatic rings. The maximum atomic E-state index is 12.5. The van der Waals surface area contributed by atoms with Gasteiger partial charge in [-0.15, -0.1) is 6.42 Å². The smallest absolute Gasteiger partial charge is 0.205 e. The quantitative estimate of drug-likeness (QED) is 0.843. The lowest BCUT2D eigenvalue weighted by molar-refractivity contribution is -0.116. The molecular weight excluding hydrogens is 340 g/mol. The molecule has 1 aliphatic carbocycles. The van der Waals surface area contributed by atoms with E-state index in [1.807, 2.05) is 0 Å². The summed E-state index contributed by atoms with van der Waals surface area (Å²) in [4.78, 5) is 12.5. The van der Waals surface area contributed by atoms with Gasteiger partial charge in [-0.1, -0.05) is 23.6 Å². The van der Waals surface area contributed by atoms with Crippen molar-refractivity contribution in [3.05, 3.63) is 51.6 Å². The molecular formula is C19H15ClN2O3. The number of allylic oxidation sites excluding steroid dienone is 3. The third kappa shape index (κ3) is 3.07. The molecule has 5 nitrogen and oxygen atoms in total. The SMILES string of the molecule is C#CCOc1ccc(C2C(C#N)=C(N)OC3=C2C(=O)CCC3)cc1Cl. The fourth-order valence-corrected chi connectivity index (χ4v) is 3.37. The van der Waals surface area contributed by atoms with Crippen LogP contribution in [0.25, 0.3) is 0 Å². The minimum atomic E-state index is -0.583. The van der Waals surface area contributed by atoms with Gasteiger partial charge in [0.25, 0.3) is 0 Å². The van der Waals surface area contributed by atoms with Gasteiger partial charge in [0.15, 0.2) is 5.78 Å². The number of rotatable bonds is 3. The van der Waals surface area contributed by atoms with E-state index in [9.17, 15) is 10.1 Å². The Kier molecular flexibility index (Phi) is 4.70. The third-order valence-corrected chi connectivity index (χ3v) is 4.50. The van der Waals surface area contributed by atoms with Crippen LogP contribution in [0.1, 0.15) is 30.7 Å². The Morgan fingerprint density at radius 1 is 1.44 bits per heavy atom. The maximum absolute atomic E-state index is 12.5. The molecule has 1 aromatic carbocycles. The second-order valence-electron chi connectivity index (χ2n) is 5.72. The highest BCUT2D eigenvalue weighted by Crippen LogP contribution is 2.44. The molecule has 0 fully saturated rings. The standard InChI is InChI=1S/C19H15ClN2O3/c1-2-8-24-15-7-6-11(9-13(15)20)17-12(10-21)19(22)25-16-5-3-4-14(23)18(16)17/h1,6-7,9,17H,3-5,8,22H2. The van der Waals surface area contributed by atoms with Gasteiger partial charge in [-0.25, -0.2) is 0 Å². The molecule has 126 valence electrons. The Morgan fingerprint density at radius 3 is 2.92 bits per heavy atom. The number of nitriles is 1. The molecule has 0 saturated heterocycles. The average molecular weight is 355 g/mol. The number of carbonyl (C=O) groups is 1. The van der Waals surface area contributed by atoms with E-state index in [-0.39, 0.29) is 23.8 Å². The Labute approximate surface area is 150 Å². The second-order valence-corrected chi connectivity index (χ2v) is 6.13. The molecule has 0 saturated carbocycles. The molecule has 1 atom stereocenters. The highest BCUT2D eigenvalue weighted by molar-refractivity contribution is 6.32. The van der Waals surface area contributed by atoms with E-state index in [1.54, 1.807) is 18.2 Å². The van der Waals surface area contributed by atoms with Gasteiger partial charge in [-0.2, -0.15) is 5.26 Å². The van der Waals surface area contributed by atoms with Crippen molar-refractivity contribution >= 4 is 17.4 Å². The van der Waals surface area contributed by atoms with Crippen molar-refractivity contribution in [2.75, 3.05) is 6.61 Å². The number of ether oxygens (including phenoxy) is 2. The van der Waals surface area contributed by atoms with Crippen LogP contribution in [0.4, 0.5) is 0 Å². The highest BCUT2D eigenvalue weighted by Gasteiger charge is 2.38. The van der Waals surface area contributed by atoms with Crippen molar-refractivity contribution in [3.8, 4) is 24.2 Å². The molecule has 0 radical (unpaired) electrons. The number of halogens is 1. The third-order valence-electron chi connectivity index (χ3n) is 4.21. The van der Waals surface area contributed by atoms with Crippen LogP contribution in [-0.2, 0) is 9.53 Å².